The van der Waals surface area contributed by atoms with E-state index >= 15 is 0 Å². The maximum Gasteiger partial charge on any atom is 0.205 e. The molecule has 5 heteroatoms. The second kappa shape index (κ2) is 4.51. The summed E-state index contributed by atoms with van der Waals surface area (Å²) in [5, 5.41) is 0. The predicted octanol–water partition coefficient (Wildman–Crippen LogP) is 0.503. The van der Waals surface area contributed by atoms with Crippen molar-refractivity contribution in [1.29, 1.82) is 0 Å². The lowest BCUT2D eigenvalue weighted by atomic mass is 10.5. The third-order valence-electron chi connectivity index (χ3n) is 2.42. The molecular weight excluding hydrogens is 190 g/mol. The molecule has 5 nitrogen and oxygen atoms in total. The second-order valence-electron chi connectivity index (χ2n) is 3.96. The van der Waals surface area contributed by atoms with Crippen molar-refractivity contribution in [3.8, 4) is 0 Å². The summed E-state index contributed by atoms with van der Waals surface area (Å²) in [6.07, 6.45) is 0.00241. The van der Waals surface area contributed by atoms with Gasteiger partial charge in [0.1, 0.15) is 6.17 Å². The van der Waals surface area contributed by atoms with Crippen LogP contribution in [0.3, 0.4) is 0 Å². The van der Waals surface area contributed by atoms with Gasteiger partial charge < -0.3 is 9.80 Å². The summed E-state index contributed by atoms with van der Waals surface area (Å²) >= 11 is 0. The van der Waals surface area contributed by atoms with Crippen molar-refractivity contribution in [3.63, 3.8) is 0 Å². The first-order valence-corrected chi connectivity index (χ1v) is 5.25. The first-order valence-electron chi connectivity index (χ1n) is 5.25. The molecular formula is C10H21N5. The first-order chi connectivity index (χ1) is 6.97. The van der Waals surface area contributed by atoms with E-state index in [1.54, 1.807) is 0 Å². The summed E-state index contributed by atoms with van der Waals surface area (Å²) in [5.41, 5.74) is 0. The Bertz CT molecular complexity index is 282. The van der Waals surface area contributed by atoms with Crippen LogP contribution in [0.5, 0.6) is 0 Å². The van der Waals surface area contributed by atoms with Crippen molar-refractivity contribution in [2.75, 3.05) is 34.7 Å². The monoisotopic (exact) mass is 211 g/mol. The number of nitrogens with zero attached hydrogens (tertiary/aromatic N) is 5. The first kappa shape index (κ1) is 11.8. The average Bonchev–Trinajstić information content (AvgIpc) is 2.19. The van der Waals surface area contributed by atoms with Gasteiger partial charge in [0.15, 0.2) is 0 Å². The fourth-order valence-electron chi connectivity index (χ4n) is 1.54. The molecule has 0 radical (unpaired) electrons. The number of hydrogen-bond donors (Lipinski definition) is 0. The van der Waals surface area contributed by atoms with Crippen LogP contribution in [0.15, 0.2) is 9.98 Å². The van der Waals surface area contributed by atoms with Crippen LogP contribution in [0.1, 0.15) is 13.8 Å². The Morgan fingerprint density at radius 3 is 2.20 bits per heavy atom. The standard InChI is InChI=1S/C10H21N5/c1-7-14(5)10-12-8(2)11-9(13(3)4)15(10)6/h8H,7H2,1-6H3. The molecule has 1 aliphatic rings. The molecule has 0 spiro atoms. The highest BCUT2D eigenvalue weighted by Gasteiger charge is 2.23. The fraction of sp³-hybridized carbons (Fsp3) is 0.800. The average molecular weight is 211 g/mol. The minimum Gasteiger partial charge on any atom is -0.349 e. The Balaban J connectivity index is 2.93. The summed E-state index contributed by atoms with van der Waals surface area (Å²) < 4.78 is 0. The molecule has 1 heterocycles. The SMILES string of the molecule is CCN(C)C1=NC(C)N=C(N(C)C)N1C. The maximum atomic E-state index is 4.52. The molecule has 0 N–H and O–H groups in total. The summed E-state index contributed by atoms with van der Waals surface area (Å²) in [6, 6.07) is 0. The highest BCUT2D eigenvalue weighted by molar-refractivity contribution is 5.99. The van der Waals surface area contributed by atoms with E-state index in [0.717, 1.165) is 18.5 Å². The Hall–Kier alpha value is -1.26. The highest BCUT2D eigenvalue weighted by Crippen LogP contribution is 2.09. The van der Waals surface area contributed by atoms with Crippen molar-refractivity contribution in [3.05, 3.63) is 0 Å². The molecule has 0 bridgehead atoms. The minimum absolute atomic E-state index is 0.00241. The van der Waals surface area contributed by atoms with Crippen LogP contribution in [0.4, 0.5) is 0 Å². The van der Waals surface area contributed by atoms with Gasteiger partial charge in [-0.05, 0) is 13.8 Å². The Labute approximate surface area is 92.1 Å². The quantitative estimate of drug-likeness (QED) is 0.633. The van der Waals surface area contributed by atoms with E-state index in [4.69, 9.17) is 0 Å². The fourth-order valence-corrected chi connectivity index (χ4v) is 1.54. The van der Waals surface area contributed by atoms with Crippen LogP contribution in [-0.2, 0) is 0 Å². The van der Waals surface area contributed by atoms with E-state index in [-0.39, 0.29) is 6.17 Å². The predicted molar refractivity (Wildman–Crippen MR) is 64.1 cm³/mol. The minimum atomic E-state index is 0.00241. The van der Waals surface area contributed by atoms with Gasteiger partial charge in [-0.25, -0.2) is 9.98 Å². The maximum absolute atomic E-state index is 4.52. The van der Waals surface area contributed by atoms with Crippen molar-refractivity contribution >= 4 is 11.9 Å². The van der Waals surface area contributed by atoms with Gasteiger partial charge in [0.2, 0.25) is 11.9 Å². The zero-order chi connectivity index (χ0) is 11.6. The van der Waals surface area contributed by atoms with Gasteiger partial charge in [-0.15, -0.1) is 0 Å². The van der Waals surface area contributed by atoms with Crippen LogP contribution < -0.4 is 0 Å². The Morgan fingerprint density at radius 2 is 1.73 bits per heavy atom. The van der Waals surface area contributed by atoms with E-state index < -0.39 is 0 Å². The molecule has 1 aliphatic heterocycles. The van der Waals surface area contributed by atoms with Crippen LogP contribution in [0.25, 0.3) is 0 Å². The number of aliphatic imine (C=N–C) groups is 2. The molecule has 0 aromatic heterocycles. The molecule has 15 heavy (non-hydrogen) atoms. The molecule has 1 unspecified atom stereocenters. The van der Waals surface area contributed by atoms with Crippen LogP contribution in [0.2, 0.25) is 0 Å². The molecule has 0 aromatic rings. The second-order valence-corrected chi connectivity index (χ2v) is 3.96. The van der Waals surface area contributed by atoms with E-state index in [9.17, 15) is 0 Å². The van der Waals surface area contributed by atoms with Gasteiger partial charge in [0.05, 0.1) is 0 Å². The van der Waals surface area contributed by atoms with Crippen molar-refractivity contribution in [2.45, 2.75) is 20.0 Å². The lowest BCUT2D eigenvalue weighted by molar-refractivity contribution is 0.421. The lowest BCUT2D eigenvalue weighted by Gasteiger charge is -2.35. The van der Waals surface area contributed by atoms with Crippen LogP contribution in [-0.4, -0.2) is 67.5 Å². The lowest BCUT2D eigenvalue weighted by Crippen LogP contribution is -2.51. The molecule has 1 rings (SSSR count). The topological polar surface area (TPSA) is 34.4 Å². The van der Waals surface area contributed by atoms with Gasteiger partial charge in [0.25, 0.3) is 0 Å². The third kappa shape index (κ3) is 2.40. The van der Waals surface area contributed by atoms with E-state index in [2.05, 4.69) is 21.8 Å². The summed E-state index contributed by atoms with van der Waals surface area (Å²) in [4.78, 5) is 15.2. The largest absolute Gasteiger partial charge is 0.349 e. The Morgan fingerprint density at radius 1 is 1.20 bits per heavy atom. The molecule has 0 saturated carbocycles. The molecule has 1 atom stereocenters. The van der Waals surface area contributed by atoms with Gasteiger partial charge in [-0.2, -0.15) is 0 Å². The van der Waals surface area contributed by atoms with Crippen molar-refractivity contribution in [2.24, 2.45) is 9.98 Å². The zero-order valence-corrected chi connectivity index (χ0v) is 10.5. The highest BCUT2D eigenvalue weighted by atomic mass is 15.5. The summed E-state index contributed by atoms with van der Waals surface area (Å²) in [5.74, 6) is 1.93. The normalized spacial score (nSPS) is 20.9. The number of rotatable bonds is 1. The van der Waals surface area contributed by atoms with Gasteiger partial charge in [-0.3, -0.25) is 4.90 Å². The third-order valence-corrected chi connectivity index (χ3v) is 2.42. The van der Waals surface area contributed by atoms with Crippen LogP contribution in [0, 0.1) is 0 Å². The summed E-state index contributed by atoms with van der Waals surface area (Å²) in [6.45, 7) is 5.05. The van der Waals surface area contributed by atoms with E-state index in [0.29, 0.717) is 0 Å². The van der Waals surface area contributed by atoms with Crippen molar-refractivity contribution in [1.82, 2.24) is 14.7 Å². The molecule has 0 fully saturated rings. The van der Waals surface area contributed by atoms with Gasteiger partial charge in [-0.1, -0.05) is 0 Å². The number of hydrogen-bond acceptors (Lipinski definition) is 5. The molecule has 0 aromatic carbocycles. The molecule has 0 amide bonds. The van der Waals surface area contributed by atoms with E-state index in [1.165, 1.54) is 0 Å². The molecule has 0 saturated heterocycles. The summed E-state index contributed by atoms with van der Waals surface area (Å²) in [7, 11) is 8.03. The Kier molecular flexibility index (Phi) is 3.55. The molecule has 0 aliphatic carbocycles. The van der Waals surface area contributed by atoms with Gasteiger partial charge >= 0.3 is 0 Å². The smallest absolute Gasteiger partial charge is 0.205 e. The van der Waals surface area contributed by atoms with Crippen LogP contribution >= 0.6 is 0 Å². The van der Waals surface area contributed by atoms with Gasteiger partial charge in [0, 0.05) is 34.7 Å². The van der Waals surface area contributed by atoms with Crippen molar-refractivity contribution < 1.29 is 0 Å². The zero-order valence-electron chi connectivity index (χ0n) is 10.5. The van der Waals surface area contributed by atoms with E-state index in [1.807, 2.05) is 44.9 Å². The number of guanidine groups is 2. The molecule has 86 valence electrons.